The summed E-state index contributed by atoms with van der Waals surface area (Å²) in [4.78, 5) is 17.5. The highest BCUT2D eigenvalue weighted by molar-refractivity contribution is 8.00. The van der Waals surface area contributed by atoms with Gasteiger partial charge in [0.15, 0.2) is 5.13 Å². The summed E-state index contributed by atoms with van der Waals surface area (Å²) in [5.41, 5.74) is 0.918. The fourth-order valence-corrected chi connectivity index (χ4v) is 6.36. The number of aromatic nitrogens is 1. The number of nitrogens with zero attached hydrogens (tertiary/aromatic N) is 2. The van der Waals surface area contributed by atoms with Crippen molar-refractivity contribution in [3.8, 4) is 0 Å². The molecule has 134 valence electrons. The zero-order valence-corrected chi connectivity index (χ0v) is 16.2. The molecule has 1 aliphatic heterocycles. The number of carbonyl (C=O) groups excluding carboxylic acids is 1. The van der Waals surface area contributed by atoms with Crippen molar-refractivity contribution in [3.05, 3.63) is 10.6 Å². The molecular formula is C15H23N3O3S3. The summed E-state index contributed by atoms with van der Waals surface area (Å²) in [6.45, 7) is 2.50. The van der Waals surface area contributed by atoms with E-state index in [-0.39, 0.29) is 11.7 Å². The van der Waals surface area contributed by atoms with Gasteiger partial charge in [0, 0.05) is 29.6 Å². The van der Waals surface area contributed by atoms with Crippen LogP contribution in [0.3, 0.4) is 0 Å². The van der Waals surface area contributed by atoms with Crippen molar-refractivity contribution in [1.29, 1.82) is 0 Å². The number of hydrogen-bond donors (Lipinski definition) is 1. The second kappa shape index (κ2) is 7.72. The van der Waals surface area contributed by atoms with Gasteiger partial charge in [-0.15, -0.1) is 23.1 Å². The highest BCUT2D eigenvalue weighted by atomic mass is 32.2. The van der Waals surface area contributed by atoms with E-state index in [0.717, 1.165) is 10.6 Å². The second-order valence-electron chi connectivity index (χ2n) is 6.14. The van der Waals surface area contributed by atoms with Crippen LogP contribution in [0, 0.1) is 0 Å². The normalized spacial score (nSPS) is 19.4. The lowest BCUT2D eigenvalue weighted by atomic mass is 10.2. The molecule has 1 N–H and O–H groups in total. The third-order valence-electron chi connectivity index (χ3n) is 4.45. The van der Waals surface area contributed by atoms with E-state index in [1.54, 1.807) is 18.7 Å². The predicted molar refractivity (Wildman–Crippen MR) is 99.0 cm³/mol. The van der Waals surface area contributed by atoms with Crippen molar-refractivity contribution in [2.75, 3.05) is 23.4 Å². The van der Waals surface area contributed by atoms with Crippen LogP contribution in [0.25, 0.3) is 0 Å². The van der Waals surface area contributed by atoms with Gasteiger partial charge in [0.1, 0.15) is 0 Å². The Morgan fingerprint density at radius 2 is 2.17 bits per heavy atom. The first-order chi connectivity index (χ1) is 11.5. The first-order valence-corrected chi connectivity index (χ1v) is 11.8. The molecule has 24 heavy (non-hydrogen) atoms. The standard InChI is InChI=1S/C15H23N3O3S3/c1-2-24(20,21)18-8-7-12-13(9-18)23-15(16-12)17-14(19)10-22-11-5-3-4-6-11/h11H,2-10H2,1H3,(H,16,17,19). The van der Waals surface area contributed by atoms with Crippen molar-refractivity contribution in [2.45, 2.75) is 50.8 Å². The molecule has 1 aromatic heterocycles. The summed E-state index contributed by atoms with van der Waals surface area (Å²) < 4.78 is 25.5. The summed E-state index contributed by atoms with van der Waals surface area (Å²) in [5.74, 6) is 0.560. The first kappa shape index (κ1) is 18.2. The van der Waals surface area contributed by atoms with Crippen LogP contribution in [0.15, 0.2) is 0 Å². The van der Waals surface area contributed by atoms with Crippen LogP contribution in [0.4, 0.5) is 5.13 Å². The fraction of sp³-hybridized carbons (Fsp3) is 0.733. The number of amides is 1. The zero-order valence-electron chi connectivity index (χ0n) is 13.8. The van der Waals surface area contributed by atoms with Crippen LogP contribution in [0.2, 0.25) is 0 Å². The molecule has 0 radical (unpaired) electrons. The minimum absolute atomic E-state index is 0.0176. The van der Waals surface area contributed by atoms with E-state index in [2.05, 4.69) is 10.3 Å². The summed E-state index contributed by atoms with van der Waals surface area (Å²) in [6.07, 6.45) is 5.58. The number of fused-ring (bicyclic) bond motifs is 1. The number of nitrogens with one attached hydrogen (secondary N) is 1. The molecule has 0 saturated heterocycles. The molecule has 1 amide bonds. The van der Waals surface area contributed by atoms with Crippen LogP contribution >= 0.6 is 23.1 Å². The van der Waals surface area contributed by atoms with E-state index in [1.165, 1.54) is 41.3 Å². The maximum Gasteiger partial charge on any atom is 0.236 e. The van der Waals surface area contributed by atoms with E-state index in [4.69, 9.17) is 0 Å². The lowest BCUT2D eigenvalue weighted by Crippen LogP contribution is -2.36. The Morgan fingerprint density at radius 1 is 1.42 bits per heavy atom. The van der Waals surface area contributed by atoms with Crippen LogP contribution < -0.4 is 5.32 Å². The Bertz CT molecular complexity index is 696. The van der Waals surface area contributed by atoms with Crippen LogP contribution in [0.5, 0.6) is 0 Å². The topological polar surface area (TPSA) is 79.4 Å². The molecule has 0 aromatic carbocycles. The minimum atomic E-state index is -3.17. The van der Waals surface area contributed by atoms with Gasteiger partial charge in [0.2, 0.25) is 15.9 Å². The van der Waals surface area contributed by atoms with Gasteiger partial charge in [-0.2, -0.15) is 4.31 Å². The maximum atomic E-state index is 12.1. The smallest absolute Gasteiger partial charge is 0.236 e. The second-order valence-corrected chi connectivity index (χ2v) is 10.8. The quantitative estimate of drug-likeness (QED) is 0.808. The van der Waals surface area contributed by atoms with Crippen molar-refractivity contribution in [1.82, 2.24) is 9.29 Å². The molecule has 1 fully saturated rings. The third-order valence-corrected chi connectivity index (χ3v) is 8.65. The monoisotopic (exact) mass is 389 g/mol. The van der Waals surface area contributed by atoms with Gasteiger partial charge in [-0.3, -0.25) is 4.79 Å². The molecule has 1 aromatic rings. The minimum Gasteiger partial charge on any atom is -0.301 e. The number of hydrogen-bond acceptors (Lipinski definition) is 6. The van der Waals surface area contributed by atoms with E-state index >= 15 is 0 Å². The molecule has 3 rings (SSSR count). The van der Waals surface area contributed by atoms with Crippen LogP contribution in [-0.4, -0.2) is 46.9 Å². The van der Waals surface area contributed by atoms with Gasteiger partial charge in [0.05, 0.1) is 17.2 Å². The number of thioether (sulfide) groups is 1. The van der Waals surface area contributed by atoms with Crippen molar-refractivity contribution >= 4 is 44.2 Å². The largest absolute Gasteiger partial charge is 0.301 e. The molecule has 9 heteroatoms. The molecule has 2 aliphatic rings. The van der Waals surface area contributed by atoms with Gasteiger partial charge in [-0.25, -0.2) is 13.4 Å². The summed E-state index contributed by atoms with van der Waals surface area (Å²) in [7, 11) is -3.17. The van der Waals surface area contributed by atoms with Crippen LogP contribution in [-0.2, 0) is 27.8 Å². The average molecular weight is 390 g/mol. The summed E-state index contributed by atoms with van der Waals surface area (Å²) >= 11 is 3.12. The van der Waals surface area contributed by atoms with E-state index < -0.39 is 10.0 Å². The van der Waals surface area contributed by atoms with Crippen molar-refractivity contribution < 1.29 is 13.2 Å². The van der Waals surface area contributed by atoms with Gasteiger partial charge in [-0.05, 0) is 19.8 Å². The molecule has 0 atom stereocenters. The molecular weight excluding hydrogens is 366 g/mol. The van der Waals surface area contributed by atoms with Crippen molar-refractivity contribution in [2.24, 2.45) is 0 Å². The third kappa shape index (κ3) is 4.30. The van der Waals surface area contributed by atoms with E-state index in [1.807, 2.05) is 0 Å². The fourth-order valence-electron chi connectivity index (χ4n) is 3.05. The molecule has 2 heterocycles. The molecule has 0 spiro atoms. The Labute approximate surface area is 151 Å². The Morgan fingerprint density at radius 3 is 2.88 bits per heavy atom. The number of sulfonamides is 1. The van der Waals surface area contributed by atoms with Gasteiger partial charge in [0.25, 0.3) is 0 Å². The maximum absolute atomic E-state index is 12.1. The van der Waals surface area contributed by atoms with E-state index in [0.29, 0.717) is 35.6 Å². The predicted octanol–water partition coefficient (Wildman–Crippen LogP) is 2.47. The molecule has 1 aliphatic carbocycles. The lowest BCUT2D eigenvalue weighted by molar-refractivity contribution is -0.113. The number of rotatable bonds is 6. The number of thiazole rings is 1. The summed E-state index contributed by atoms with van der Waals surface area (Å²) in [6, 6.07) is 0. The zero-order chi connectivity index (χ0) is 17.2. The Hall–Kier alpha value is -0.640. The Balaban J connectivity index is 1.56. The van der Waals surface area contributed by atoms with Gasteiger partial charge in [-0.1, -0.05) is 12.8 Å². The molecule has 1 saturated carbocycles. The van der Waals surface area contributed by atoms with E-state index in [9.17, 15) is 13.2 Å². The number of anilines is 1. The number of carbonyl (C=O) groups is 1. The Kier molecular flexibility index (Phi) is 5.84. The molecule has 0 unspecified atom stereocenters. The van der Waals surface area contributed by atoms with Crippen LogP contribution in [0.1, 0.15) is 43.2 Å². The average Bonchev–Trinajstić information content (AvgIpc) is 3.21. The molecule has 6 nitrogen and oxygen atoms in total. The highest BCUT2D eigenvalue weighted by Crippen LogP contribution is 2.31. The molecule has 0 bridgehead atoms. The first-order valence-electron chi connectivity index (χ1n) is 8.36. The SMILES string of the molecule is CCS(=O)(=O)N1CCc2nc(NC(=O)CSC3CCCC3)sc2C1. The van der Waals surface area contributed by atoms with Gasteiger partial charge >= 0.3 is 0 Å². The lowest BCUT2D eigenvalue weighted by Gasteiger charge is -2.24. The van der Waals surface area contributed by atoms with Crippen molar-refractivity contribution in [3.63, 3.8) is 0 Å². The van der Waals surface area contributed by atoms with Gasteiger partial charge < -0.3 is 5.32 Å². The summed E-state index contributed by atoms with van der Waals surface area (Å²) in [5, 5.41) is 4.08. The highest BCUT2D eigenvalue weighted by Gasteiger charge is 2.28.